The Kier molecular flexibility index (Phi) is 5.21. The molecule has 21 heavy (non-hydrogen) atoms. The van der Waals surface area contributed by atoms with Gasteiger partial charge in [0.05, 0.1) is 13.2 Å². The molecule has 4 nitrogen and oxygen atoms in total. The quantitative estimate of drug-likeness (QED) is 0.600. The van der Waals surface area contributed by atoms with E-state index in [1.807, 2.05) is 26.0 Å². The molecule has 0 aliphatic heterocycles. The monoisotopic (exact) mass is 286 g/mol. The van der Waals surface area contributed by atoms with Gasteiger partial charge < -0.3 is 14.2 Å². The predicted molar refractivity (Wildman–Crippen MR) is 80.2 cm³/mol. The van der Waals surface area contributed by atoms with Crippen molar-refractivity contribution in [2.24, 2.45) is 0 Å². The summed E-state index contributed by atoms with van der Waals surface area (Å²) >= 11 is 0. The number of benzene rings is 2. The predicted octanol–water partition coefficient (Wildman–Crippen LogP) is 3.70. The van der Waals surface area contributed by atoms with Crippen molar-refractivity contribution in [3.63, 3.8) is 0 Å². The van der Waals surface area contributed by atoms with Crippen LogP contribution in [0, 0.1) is 0 Å². The zero-order chi connectivity index (χ0) is 15.1. The molecule has 0 aromatic heterocycles. The molecule has 2 aromatic rings. The van der Waals surface area contributed by atoms with Crippen LogP contribution in [0.15, 0.2) is 48.5 Å². The van der Waals surface area contributed by atoms with Gasteiger partial charge in [-0.25, -0.2) is 4.79 Å². The van der Waals surface area contributed by atoms with E-state index in [1.54, 1.807) is 36.4 Å². The second-order valence-electron chi connectivity index (χ2n) is 4.20. The van der Waals surface area contributed by atoms with Gasteiger partial charge in [-0.1, -0.05) is 24.3 Å². The fourth-order valence-corrected chi connectivity index (χ4v) is 1.88. The van der Waals surface area contributed by atoms with Crippen LogP contribution in [0.1, 0.15) is 24.2 Å². The molecule has 0 saturated carbocycles. The molecule has 0 N–H and O–H groups in total. The summed E-state index contributed by atoms with van der Waals surface area (Å²) in [4.78, 5) is 12.3. The van der Waals surface area contributed by atoms with E-state index in [4.69, 9.17) is 14.2 Å². The lowest BCUT2D eigenvalue weighted by Crippen LogP contribution is -2.11. The van der Waals surface area contributed by atoms with E-state index in [1.165, 1.54) is 0 Å². The minimum atomic E-state index is -0.466. The average molecular weight is 286 g/mol. The third-order valence-electron chi connectivity index (χ3n) is 2.76. The Morgan fingerprint density at radius 2 is 1.33 bits per heavy atom. The molecule has 0 unspecified atom stereocenters. The lowest BCUT2D eigenvalue weighted by Gasteiger charge is -2.12. The topological polar surface area (TPSA) is 44.8 Å². The number of para-hydroxylation sites is 3. The highest BCUT2D eigenvalue weighted by atomic mass is 16.6. The van der Waals surface area contributed by atoms with Gasteiger partial charge in [-0.2, -0.15) is 0 Å². The fourth-order valence-electron chi connectivity index (χ4n) is 1.88. The largest absolute Gasteiger partial charge is 0.493 e. The van der Waals surface area contributed by atoms with E-state index in [0.29, 0.717) is 36.0 Å². The summed E-state index contributed by atoms with van der Waals surface area (Å²) in [6.07, 6.45) is 0. The summed E-state index contributed by atoms with van der Waals surface area (Å²) in [6, 6.07) is 14.1. The van der Waals surface area contributed by atoms with E-state index in [2.05, 4.69) is 0 Å². The van der Waals surface area contributed by atoms with E-state index in [9.17, 15) is 4.79 Å². The maximum atomic E-state index is 12.3. The standard InChI is InChI=1S/C17H18O4/c1-3-19-14-10-6-5-9-13(14)17(18)21-16-12-8-7-11-15(16)20-4-2/h5-12H,3-4H2,1-2H3. The van der Waals surface area contributed by atoms with Crippen LogP contribution in [-0.4, -0.2) is 19.2 Å². The van der Waals surface area contributed by atoms with Crippen molar-refractivity contribution in [2.75, 3.05) is 13.2 Å². The summed E-state index contributed by atoms with van der Waals surface area (Å²) in [6.45, 7) is 4.74. The van der Waals surface area contributed by atoms with Gasteiger partial charge in [-0.05, 0) is 38.1 Å². The van der Waals surface area contributed by atoms with Crippen molar-refractivity contribution in [1.82, 2.24) is 0 Å². The minimum absolute atomic E-state index is 0.394. The molecule has 2 rings (SSSR count). The lowest BCUT2D eigenvalue weighted by atomic mass is 10.2. The molecule has 0 amide bonds. The van der Waals surface area contributed by atoms with Gasteiger partial charge in [0.25, 0.3) is 0 Å². The molecule has 4 heteroatoms. The van der Waals surface area contributed by atoms with Gasteiger partial charge in [0.1, 0.15) is 11.3 Å². The van der Waals surface area contributed by atoms with Gasteiger partial charge >= 0.3 is 5.97 Å². The van der Waals surface area contributed by atoms with Crippen LogP contribution < -0.4 is 14.2 Å². The molecule has 0 spiro atoms. The zero-order valence-electron chi connectivity index (χ0n) is 12.2. The Labute approximate surface area is 124 Å². The molecule has 0 aliphatic rings. The number of esters is 1. The van der Waals surface area contributed by atoms with Gasteiger partial charge in [0, 0.05) is 0 Å². The second kappa shape index (κ2) is 7.33. The number of carbonyl (C=O) groups excluding carboxylic acids is 1. The first-order valence-corrected chi connectivity index (χ1v) is 6.92. The molecule has 0 radical (unpaired) electrons. The van der Waals surface area contributed by atoms with Crippen LogP contribution in [0.3, 0.4) is 0 Å². The summed E-state index contributed by atoms with van der Waals surface area (Å²) in [5.41, 5.74) is 0.394. The maximum Gasteiger partial charge on any atom is 0.347 e. The molecule has 0 fully saturated rings. The highest BCUT2D eigenvalue weighted by molar-refractivity contribution is 5.94. The van der Waals surface area contributed by atoms with E-state index in [0.717, 1.165) is 0 Å². The van der Waals surface area contributed by atoms with Gasteiger partial charge in [0.2, 0.25) is 0 Å². The van der Waals surface area contributed by atoms with Crippen molar-refractivity contribution in [2.45, 2.75) is 13.8 Å². The number of rotatable bonds is 6. The number of carbonyl (C=O) groups is 1. The molecule has 0 saturated heterocycles. The fraction of sp³-hybridized carbons (Fsp3) is 0.235. The molecule has 2 aromatic carbocycles. The van der Waals surface area contributed by atoms with Gasteiger partial charge in [-0.15, -0.1) is 0 Å². The molecular weight excluding hydrogens is 268 g/mol. The zero-order valence-corrected chi connectivity index (χ0v) is 12.2. The Bertz CT molecular complexity index is 607. The van der Waals surface area contributed by atoms with Crippen molar-refractivity contribution in [3.8, 4) is 17.2 Å². The first-order chi connectivity index (χ1) is 10.3. The third-order valence-corrected chi connectivity index (χ3v) is 2.76. The molecule has 0 bridgehead atoms. The SMILES string of the molecule is CCOc1ccccc1OC(=O)c1ccccc1OCC. The number of hydrogen-bond donors (Lipinski definition) is 0. The van der Waals surface area contributed by atoms with Crippen LogP contribution in [0.5, 0.6) is 17.2 Å². The lowest BCUT2D eigenvalue weighted by molar-refractivity contribution is 0.0724. The Morgan fingerprint density at radius 3 is 2.00 bits per heavy atom. The molecule has 110 valence electrons. The summed E-state index contributed by atoms with van der Waals surface area (Å²) in [7, 11) is 0. The number of ether oxygens (including phenoxy) is 3. The Balaban J connectivity index is 2.22. The highest BCUT2D eigenvalue weighted by Gasteiger charge is 2.16. The van der Waals surface area contributed by atoms with Crippen molar-refractivity contribution in [1.29, 1.82) is 0 Å². The second-order valence-corrected chi connectivity index (χ2v) is 4.20. The van der Waals surface area contributed by atoms with E-state index < -0.39 is 5.97 Å². The van der Waals surface area contributed by atoms with Crippen LogP contribution in [0.25, 0.3) is 0 Å². The van der Waals surface area contributed by atoms with Crippen LogP contribution in [-0.2, 0) is 0 Å². The maximum absolute atomic E-state index is 12.3. The normalized spacial score (nSPS) is 10.0. The summed E-state index contributed by atoms with van der Waals surface area (Å²) in [5.74, 6) is 0.989. The minimum Gasteiger partial charge on any atom is -0.493 e. The molecule has 0 aliphatic carbocycles. The Hall–Kier alpha value is -2.49. The van der Waals surface area contributed by atoms with Crippen molar-refractivity contribution >= 4 is 5.97 Å². The van der Waals surface area contributed by atoms with Crippen molar-refractivity contribution in [3.05, 3.63) is 54.1 Å². The van der Waals surface area contributed by atoms with E-state index in [-0.39, 0.29) is 0 Å². The van der Waals surface area contributed by atoms with Crippen LogP contribution >= 0.6 is 0 Å². The van der Waals surface area contributed by atoms with Crippen LogP contribution in [0.4, 0.5) is 0 Å². The summed E-state index contributed by atoms with van der Waals surface area (Å²) < 4.78 is 16.3. The smallest absolute Gasteiger partial charge is 0.347 e. The number of hydrogen-bond acceptors (Lipinski definition) is 4. The molecular formula is C17H18O4. The third kappa shape index (κ3) is 3.75. The highest BCUT2D eigenvalue weighted by Crippen LogP contribution is 2.28. The molecule has 0 heterocycles. The first kappa shape index (κ1) is 14.9. The van der Waals surface area contributed by atoms with Crippen LogP contribution in [0.2, 0.25) is 0 Å². The summed E-state index contributed by atoms with van der Waals surface area (Å²) in [5, 5.41) is 0. The average Bonchev–Trinajstić information content (AvgIpc) is 2.50. The van der Waals surface area contributed by atoms with Gasteiger partial charge in [-0.3, -0.25) is 0 Å². The first-order valence-electron chi connectivity index (χ1n) is 6.92. The van der Waals surface area contributed by atoms with Crippen molar-refractivity contribution < 1.29 is 19.0 Å². The Morgan fingerprint density at radius 1 is 0.810 bits per heavy atom. The molecule has 0 atom stereocenters. The van der Waals surface area contributed by atoms with Gasteiger partial charge in [0.15, 0.2) is 11.5 Å². The van der Waals surface area contributed by atoms with E-state index >= 15 is 0 Å².